The quantitative estimate of drug-likeness (QED) is 0.422. The van der Waals surface area contributed by atoms with Gasteiger partial charge in [0.25, 0.3) is 5.91 Å². The van der Waals surface area contributed by atoms with Crippen LogP contribution in [-0.2, 0) is 27.8 Å². The molecule has 1 aliphatic heterocycles. The first-order valence-corrected chi connectivity index (χ1v) is 15.2. The van der Waals surface area contributed by atoms with Gasteiger partial charge in [-0.25, -0.2) is 13.2 Å². The number of nitrogens with one attached hydrogen (secondary N) is 1. The average Bonchev–Trinajstić information content (AvgIpc) is 3.38. The van der Waals surface area contributed by atoms with Crippen molar-refractivity contribution in [2.45, 2.75) is 50.4 Å². The summed E-state index contributed by atoms with van der Waals surface area (Å²) in [6, 6.07) is 18.3. The van der Waals surface area contributed by atoms with Crippen molar-refractivity contribution in [2.75, 3.05) is 13.1 Å². The Morgan fingerprint density at radius 1 is 1.02 bits per heavy atom. The zero-order valence-corrected chi connectivity index (χ0v) is 24.5. The monoisotopic (exact) mass is 587 g/mol. The van der Waals surface area contributed by atoms with Crippen LogP contribution in [0.1, 0.15) is 47.8 Å². The molecule has 1 unspecified atom stereocenters. The molecule has 2 amide bonds. The molecule has 0 spiro atoms. The van der Waals surface area contributed by atoms with Crippen LogP contribution in [0.4, 0.5) is 4.79 Å². The van der Waals surface area contributed by atoms with Gasteiger partial charge < -0.3 is 15.0 Å². The minimum absolute atomic E-state index is 0.0170. The fourth-order valence-electron chi connectivity index (χ4n) is 5.19. The van der Waals surface area contributed by atoms with Crippen molar-refractivity contribution in [3.63, 3.8) is 0 Å². The predicted octanol–water partition coefficient (Wildman–Crippen LogP) is 3.94. The molecule has 2 fully saturated rings. The molecule has 5 rings (SSSR count). The van der Waals surface area contributed by atoms with Crippen molar-refractivity contribution < 1.29 is 22.7 Å². The summed E-state index contributed by atoms with van der Waals surface area (Å²) < 4.78 is 34.0. The molecular formula is C31H33N5O5S. The van der Waals surface area contributed by atoms with Crippen molar-refractivity contribution >= 4 is 22.0 Å². The number of nitriles is 1. The van der Waals surface area contributed by atoms with E-state index in [1.165, 1.54) is 28.6 Å². The van der Waals surface area contributed by atoms with Gasteiger partial charge in [0.2, 0.25) is 10.0 Å². The van der Waals surface area contributed by atoms with Crippen molar-refractivity contribution in [3.05, 3.63) is 95.3 Å². The fraction of sp³-hybridized carbons (Fsp3) is 0.355. The van der Waals surface area contributed by atoms with Gasteiger partial charge in [0.05, 0.1) is 16.5 Å². The Balaban J connectivity index is 1.23. The first-order chi connectivity index (χ1) is 19.9. The van der Waals surface area contributed by atoms with Crippen LogP contribution < -0.4 is 5.32 Å². The van der Waals surface area contributed by atoms with Gasteiger partial charge in [0, 0.05) is 62.0 Å². The highest BCUT2D eigenvalue weighted by Gasteiger charge is 2.58. The average molecular weight is 588 g/mol. The second-order valence-electron chi connectivity index (χ2n) is 11.7. The van der Waals surface area contributed by atoms with E-state index in [1.54, 1.807) is 47.6 Å². The lowest BCUT2D eigenvalue weighted by Crippen LogP contribution is -2.40. The number of nitrogens with zero attached hydrogens (tertiary/aromatic N) is 4. The number of aromatic nitrogens is 1. The minimum Gasteiger partial charge on any atom is -0.444 e. The molecular weight excluding hydrogens is 554 g/mol. The molecule has 0 radical (unpaired) electrons. The van der Waals surface area contributed by atoms with Crippen LogP contribution in [0.3, 0.4) is 0 Å². The number of hydrogen-bond acceptors (Lipinski definition) is 7. The van der Waals surface area contributed by atoms with Crippen LogP contribution in [0.2, 0.25) is 0 Å². The van der Waals surface area contributed by atoms with Crippen LogP contribution in [-0.4, -0.2) is 59.3 Å². The summed E-state index contributed by atoms with van der Waals surface area (Å²) in [5, 5.41) is 12.2. The van der Waals surface area contributed by atoms with Gasteiger partial charge in [-0.15, -0.1) is 0 Å². The summed E-state index contributed by atoms with van der Waals surface area (Å²) in [5.41, 5.74) is 1.74. The molecule has 2 aromatic carbocycles. The number of likely N-dealkylation sites (tertiary alicyclic amines) is 1. The summed E-state index contributed by atoms with van der Waals surface area (Å²) in [7, 11) is -3.91. The van der Waals surface area contributed by atoms with Crippen molar-refractivity contribution in [1.82, 2.24) is 19.5 Å². The Hall–Kier alpha value is -4.27. The summed E-state index contributed by atoms with van der Waals surface area (Å²) in [4.78, 5) is 31.1. The largest absolute Gasteiger partial charge is 0.444 e. The fourth-order valence-corrected chi connectivity index (χ4v) is 6.60. The second-order valence-corrected chi connectivity index (χ2v) is 13.6. The zero-order valence-electron chi connectivity index (χ0n) is 23.7. The predicted molar refractivity (Wildman–Crippen MR) is 154 cm³/mol. The summed E-state index contributed by atoms with van der Waals surface area (Å²) in [6.45, 7) is 6.80. The molecule has 1 aliphatic carbocycles. The molecule has 3 atom stereocenters. The van der Waals surface area contributed by atoms with Crippen LogP contribution in [0.25, 0.3) is 0 Å². The first kappa shape index (κ1) is 29.2. The number of amides is 2. The van der Waals surface area contributed by atoms with Gasteiger partial charge in [0.15, 0.2) is 0 Å². The Morgan fingerprint density at radius 2 is 1.67 bits per heavy atom. The standard InChI is InChI=1S/C31H33N5O5S/c1-31(2,3)41-30(38)35-19-26-27(20-35)28(26)34-29(37)24-10-6-22(7-11-24)17-36(18-23-5-4-14-33-16-23)42(39,40)25-12-8-21(15-32)9-13-25/h4-14,16,26-28H,17-20H2,1-3H3,(H,34,37)/t26-,27+,28?. The second kappa shape index (κ2) is 11.5. The van der Waals surface area contributed by atoms with E-state index in [-0.39, 0.29) is 47.9 Å². The Bertz CT molecular complexity index is 1580. The van der Waals surface area contributed by atoms with E-state index in [1.807, 2.05) is 32.9 Å². The number of hydrogen-bond donors (Lipinski definition) is 1. The maximum absolute atomic E-state index is 13.6. The van der Waals surface area contributed by atoms with E-state index in [2.05, 4.69) is 10.3 Å². The van der Waals surface area contributed by atoms with Crippen LogP contribution in [0, 0.1) is 23.2 Å². The number of fused-ring (bicyclic) bond motifs is 1. The molecule has 10 nitrogen and oxygen atoms in total. The Labute approximate surface area is 246 Å². The molecule has 1 aromatic heterocycles. The van der Waals surface area contributed by atoms with Crippen LogP contribution >= 0.6 is 0 Å². The highest BCUT2D eigenvalue weighted by molar-refractivity contribution is 7.89. The summed E-state index contributed by atoms with van der Waals surface area (Å²) >= 11 is 0. The molecule has 1 saturated carbocycles. The number of carbonyl (C=O) groups is 2. The van der Waals surface area contributed by atoms with E-state index in [0.29, 0.717) is 29.8 Å². The van der Waals surface area contributed by atoms with Crippen LogP contribution in [0.5, 0.6) is 0 Å². The third kappa shape index (κ3) is 6.61. The van der Waals surface area contributed by atoms with Gasteiger partial charge in [-0.2, -0.15) is 9.57 Å². The lowest BCUT2D eigenvalue weighted by atomic mass is 10.1. The van der Waals surface area contributed by atoms with E-state index in [9.17, 15) is 18.0 Å². The minimum atomic E-state index is -3.91. The lowest BCUT2D eigenvalue weighted by molar-refractivity contribution is 0.0270. The first-order valence-electron chi connectivity index (χ1n) is 13.7. The van der Waals surface area contributed by atoms with E-state index in [0.717, 1.165) is 5.56 Å². The number of piperidine rings is 1. The summed E-state index contributed by atoms with van der Waals surface area (Å²) in [5.74, 6) is 0.227. The van der Waals surface area contributed by atoms with E-state index >= 15 is 0 Å². The zero-order chi connectivity index (χ0) is 30.1. The molecule has 1 saturated heterocycles. The number of carbonyl (C=O) groups excluding carboxylic acids is 2. The topological polar surface area (TPSA) is 133 Å². The third-order valence-corrected chi connectivity index (χ3v) is 9.23. The number of rotatable bonds is 8. The van der Waals surface area contributed by atoms with Gasteiger partial charge in [-0.1, -0.05) is 18.2 Å². The SMILES string of the molecule is CC(C)(C)OC(=O)N1C[C@@H]2C(NC(=O)c3ccc(CN(Cc4cccnc4)S(=O)(=O)c4ccc(C#N)cc4)cc3)[C@@H]2C1. The number of benzene rings is 2. The number of pyridine rings is 1. The molecule has 11 heteroatoms. The van der Waals surface area contributed by atoms with Gasteiger partial charge in [-0.3, -0.25) is 9.78 Å². The molecule has 3 aromatic rings. The van der Waals surface area contributed by atoms with Crippen molar-refractivity contribution in [2.24, 2.45) is 11.8 Å². The smallest absolute Gasteiger partial charge is 0.410 e. The Kier molecular flexibility index (Phi) is 8.03. The van der Waals surface area contributed by atoms with Gasteiger partial charge >= 0.3 is 6.09 Å². The van der Waals surface area contributed by atoms with Crippen LogP contribution in [0.15, 0.2) is 78.0 Å². The Morgan fingerprint density at radius 3 is 2.24 bits per heavy atom. The number of sulfonamides is 1. The highest BCUT2D eigenvalue weighted by atomic mass is 32.2. The molecule has 42 heavy (non-hydrogen) atoms. The molecule has 0 bridgehead atoms. The van der Waals surface area contributed by atoms with E-state index in [4.69, 9.17) is 10.00 Å². The van der Waals surface area contributed by atoms with Crippen molar-refractivity contribution in [3.8, 4) is 6.07 Å². The molecule has 2 aliphatic rings. The van der Waals surface area contributed by atoms with Gasteiger partial charge in [0.1, 0.15) is 5.60 Å². The third-order valence-electron chi connectivity index (χ3n) is 7.42. The molecule has 218 valence electrons. The lowest BCUT2D eigenvalue weighted by Gasteiger charge is -2.26. The summed E-state index contributed by atoms with van der Waals surface area (Å²) in [6.07, 6.45) is 2.92. The maximum Gasteiger partial charge on any atom is 0.410 e. The molecule has 2 heterocycles. The van der Waals surface area contributed by atoms with E-state index < -0.39 is 15.6 Å². The number of ether oxygens (including phenoxy) is 1. The maximum atomic E-state index is 13.6. The molecule has 1 N–H and O–H groups in total. The normalized spacial score (nSPS) is 19.6. The van der Waals surface area contributed by atoms with Crippen molar-refractivity contribution in [1.29, 1.82) is 5.26 Å². The highest BCUT2D eigenvalue weighted by Crippen LogP contribution is 2.46. The van der Waals surface area contributed by atoms with Gasteiger partial charge in [-0.05, 0) is 74.4 Å².